The van der Waals surface area contributed by atoms with Gasteiger partial charge in [-0.05, 0) is 37.5 Å². The molecule has 26 heavy (non-hydrogen) atoms. The zero-order valence-electron chi connectivity index (χ0n) is 15.2. The molecular weight excluding hydrogens is 352 g/mol. The monoisotopic (exact) mass is 374 g/mol. The fraction of sp³-hybridized carbons (Fsp3) is 0.444. The van der Waals surface area contributed by atoms with E-state index in [2.05, 4.69) is 33.3 Å². The number of hydrogen-bond acceptors (Lipinski definition) is 8. The van der Waals surface area contributed by atoms with Crippen LogP contribution in [0.15, 0.2) is 32.4 Å². The van der Waals surface area contributed by atoms with Crippen LogP contribution in [-0.2, 0) is 18.8 Å². The Labute approximate surface area is 156 Å². The van der Waals surface area contributed by atoms with E-state index in [0.717, 1.165) is 42.0 Å². The van der Waals surface area contributed by atoms with Gasteiger partial charge < -0.3 is 13.7 Å². The van der Waals surface area contributed by atoms with E-state index in [1.165, 1.54) is 11.8 Å². The molecule has 0 unspecified atom stereocenters. The van der Waals surface area contributed by atoms with Crippen molar-refractivity contribution >= 4 is 11.8 Å². The van der Waals surface area contributed by atoms with Crippen LogP contribution in [0.4, 0.5) is 0 Å². The molecule has 3 aromatic rings. The molecule has 3 rings (SSSR count). The molecule has 0 N–H and O–H groups in total. The second kappa shape index (κ2) is 8.84. The number of aryl methyl sites for hydroxylation is 3. The number of thioether (sulfide) groups is 1. The first-order valence-electron chi connectivity index (χ1n) is 8.60. The van der Waals surface area contributed by atoms with Gasteiger partial charge in [0.1, 0.15) is 5.75 Å². The molecule has 1 aromatic carbocycles. The predicted octanol–water partition coefficient (Wildman–Crippen LogP) is 4.28. The van der Waals surface area contributed by atoms with Gasteiger partial charge in [0.15, 0.2) is 12.4 Å². The fourth-order valence-corrected chi connectivity index (χ4v) is 2.88. The van der Waals surface area contributed by atoms with Crippen molar-refractivity contribution in [3.63, 3.8) is 0 Å². The Bertz CT molecular complexity index is 847. The Morgan fingerprint density at radius 1 is 1.15 bits per heavy atom. The standard InChI is InChI=1S/C18H22N4O3S/c1-4-5-6-15-19-17(25-22-15)11-26-18-21-20-16(24-18)10-23-14-9-12(2)7-8-13(14)3/h7-9H,4-6,10-11H2,1-3H3. The van der Waals surface area contributed by atoms with Crippen molar-refractivity contribution in [1.29, 1.82) is 0 Å². The van der Waals surface area contributed by atoms with Gasteiger partial charge in [-0.25, -0.2) is 0 Å². The van der Waals surface area contributed by atoms with Gasteiger partial charge in [0.25, 0.3) is 11.1 Å². The van der Waals surface area contributed by atoms with Crippen LogP contribution < -0.4 is 4.74 Å². The molecule has 0 radical (unpaired) electrons. The van der Waals surface area contributed by atoms with Crippen LogP contribution in [0.1, 0.15) is 48.5 Å². The van der Waals surface area contributed by atoms with Crippen LogP contribution in [0.25, 0.3) is 0 Å². The lowest BCUT2D eigenvalue weighted by molar-refractivity contribution is 0.250. The van der Waals surface area contributed by atoms with Crippen molar-refractivity contribution in [2.24, 2.45) is 0 Å². The van der Waals surface area contributed by atoms with Crippen molar-refractivity contribution in [2.45, 2.75) is 57.6 Å². The van der Waals surface area contributed by atoms with Crippen LogP contribution in [0.5, 0.6) is 5.75 Å². The summed E-state index contributed by atoms with van der Waals surface area (Å²) in [6.45, 7) is 6.40. The maximum atomic E-state index is 5.77. The summed E-state index contributed by atoms with van der Waals surface area (Å²) >= 11 is 1.37. The molecule has 0 atom stereocenters. The zero-order valence-corrected chi connectivity index (χ0v) is 16.0. The third-order valence-electron chi connectivity index (χ3n) is 3.73. The third-order valence-corrected chi connectivity index (χ3v) is 4.53. The van der Waals surface area contributed by atoms with Gasteiger partial charge >= 0.3 is 0 Å². The third kappa shape index (κ3) is 5.08. The summed E-state index contributed by atoms with van der Waals surface area (Å²) in [7, 11) is 0. The smallest absolute Gasteiger partial charge is 0.277 e. The summed E-state index contributed by atoms with van der Waals surface area (Å²) in [4.78, 5) is 4.35. The Morgan fingerprint density at radius 3 is 2.88 bits per heavy atom. The number of hydrogen-bond donors (Lipinski definition) is 0. The van der Waals surface area contributed by atoms with Crippen LogP contribution in [0.3, 0.4) is 0 Å². The molecule has 138 valence electrons. The molecular formula is C18H22N4O3S. The largest absolute Gasteiger partial charge is 0.484 e. The quantitative estimate of drug-likeness (QED) is 0.513. The summed E-state index contributed by atoms with van der Waals surface area (Å²) in [5.41, 5.74) is 2.21. The van der Waals surface area contributed by atoms with Gasteiger partial charge in [0, 0.05) is 6.42 Å². The maximum Gasteiger partial charge on any atom is 0.277 e. The van der Waals surface area contributed by atoms with Gasteiger partial charge in [-0.15, -0.1) is 10.2 Å². The number of rotatable bonds is 9. The lowest BCUT2D eigenvalue weighted by Gasteiger charge is -2.07. The Morgan fingerprint density at radius 2 is 2.04 bits per heavy atom. The summed E-state index contributed by atoms with van der Waals surface area (Å²) in [6, 6.07) is 6.07. The molecule has 0 amide bonds. The summed E-state index contributed by atoms with van der Waals surface area (Å²) in [5, 5.41) is 12.4. The fourth-order valence-electron chi connectivity index (χ4n) is 2.27. The van der Waals surface area contributed by atoms with E-state index in [0.29, 0.717) is 22.8 Å². The molecule has 0 aliphatic rings. The lowest BCUT2D eigenvalue weighted by atomic mass is 10.1. The molecule has 0 saturated heterocycles. The van der Waals surface area contributed by atoms with E-state index in [-0.39, 0.29) is 6.61 Å². The van der Waals surface area contributed by atoms with Crippen molar-refractivity contribution < 1.29 is 13.7 Å². The van der Waals surface area contributed by atoms with E-state index in [1.54, 1.807) is 0 Å². The van der Waals surface area contributed by atoms with Crippen LogP contribution in [-0.4, -0.2) is 20.3 Å². The number of ether oxygens (including phenoxy) is 1. The summed E-state index contributed by atoms with van der Waals surface area (Å²) < 4.78 is 16.6. The van der Waals surface area contributed by atoms with Crippen molar-refractivity contribution in [1.82, 2.24) is 20.3 Å². The molecule has 0 saturated carbocycles. The Balaban J connectivity index is 1.50. The highest BCUT2D eigenvalue weighted by Gasteiger charge is 2.12. The van der Waals surface area contributed by atoms with Crippen LogP contribution in [0, 0.1) is 13.8 Å². The normalized spacial score (nSPS) is 11.0. The Hall–Kier alpha value is -2.35. The SMILES string of the molecule is CCCCc1noc(CSc2nnc(COc3cc(C)ccc3C)o2)n1. The van der Waals surface area contributed by atoms with Gasteiger partial charge in [0.05, 0.1) is 5.75 Å². The topological polar surface area (TPSA) is 87.1 Å². The van der Waals surface area contributed by atoms with E-state index in [9.17, 15) is 0 Å². The predicted molar refractivity (Wildman–Crippen MR) is 97.0 cm³/mol. The van der Waals surface area contributed by atoms with Gasteiger partial charge in [0.2, 0.25) is 5.89 Å². The highest BCUT2D eigenvalue weighted by Crippen LogP contribution is 2.23. The van der Waals surface area contributed by atoms with Gasteiger partial charge in [-0.2, -0.15) is 4.98 Å². The zero-order chi connectivity index (χ0) is 18.4. The highest BCUT2D eigenvalue weighted by atomic mass is 32.2. The minimum absolute atomic E-state index is 0.236. The molecule has 0 fully saturated rings. The molecule has 2 heterocycles. The van der Waals surface area contributed by atoms with E-state index < -0.39 is 0 Å². The van der Waals surface area contributed by atoms with Crippen LogP contribution >= 0.6 is 11.8 Å². The van der Waals surface area contributed by atoms with E-state index >= 15 is 0 Å². The maximum absolute atomic E-state index is 5.77. The van der Waals surface area contributed by atoms with E-state index in [1.807, 2.05) is 26.0 Å². The number of benzene rings is 1. The van der Waals surface area contributed by atoms with Crippen molar-refractivity contribution in [2.75, 3.05) is 0 Å². The average Bonchev–Trinajstić information content (AvgIpc) is 3.28. The molecule has 2 aromatic heterocycles. The minimum atomic E-state index is 0.236. The van der Waals surface area contributed by atoms with Gasteiger partial charge in [-0.3, -0.25) is 0 Å². The molecule has 0 aliphatic carbocycles. The van der Waals surface area contributed by atoms with E-state index in [4.69, 9.17) is 13.7 Å². The van der Waals surface area contributed by atoms with Crippen LogP contribution in [0.2, 0.25) is 0 Å². The molecule has 7 nitrogen and oxygen atoms in total. The molecule has 8 heteroatoms. The molecule has 0 aliphatic heterocycles. The van der Waals surface area contributed by atoms with Crippen molar-refractivity contribution in [3.8, 4) is 5.75 Å². The first-order chi connectivity index (χ1) is 12.6. The number of unbranched alkanes of at least 4 members (excludes halogenated alkanes) is 1. The second-order valence-electron chi connectivity index (χ2n) is 6.02. The first-order valence-corrected chi connectivity index (χ1v) is 9.59. The summed E-state index contributed by atoms with van der Waals surface area (Å²) in [6.07, 6.45) is 3.00. The number of aromatic nitrogens is 4. The van der Waals surface area contributed by atoms with Gasteiger partial charge in [-0.1, -0.05) is 42.4 Å². The first kappa shape index (κ1) is 18.4. The lowest BCUT2D eigenvalue weighted by Crippen LogP contribution is -1.97. The minimum Gasteiger partial charge on any atom is -0.484 e. The molecule has 0 bridgehead atoms. The second-order valence-corrected chi connectivity index (χ2v) is 6.94. The molecule has 0 spiro atoms. The highest BCUT2D eigenvalue weighted by molar-refractivity contribution is 7.98. The van der Waals surface area contributed by atoms with Crippen molar-refractivity contribution in [3.05, 3.63) is 46.9 Å². The Kier molecular flexibility index (Phi) is 6.27. The number of nitrogens with zero attached hydrogens (tertiary/aromatic N) is 4. The summed E-state index contributed by atoms with van der Waals surface area (Å²) in [5.74, 6) is 3.06. The average molecular weight is 374 g/mol.